The van der Waals surface area contributed by atoms with Crippen molar-refractivity contribution in [3.8, 4) is 0 Å². The van der Waals surface area contributed by atoms with Crippen molar-refractivity contribution in [3.05, 3.63) is 28.0 Å². The molecule has 9 nitrogen and oxygen atoms in total. The Labute approximate surface area is 114 Å². The number of fused-ring (bicyclic) bond motifs is 1. The van der Waals surface area contributed by atoms with E-state index in [1.807, 2.05) is 4.68 Å². The molecule has 1 atom stereocenters. The lowest BCUT2D eigenvalue weighted by atomic mass is 10.1. The van der Waals surface area contributed by atoms with Crippen molar-refractivity contribution in [1.29, 1.82) is 0 Å². The zero-order valence-electron chi connectivity index (χ0n) is 11.3. The lowest BCUT2D eigenvalue weighted by molar-refractivity contribution is -0.384. The van der Waals surface area contributed by atoms with E-state index in [4.69, 9.17) is 0 Å². The van der Waals surface area contributed by atoms with E-state index in [1.165, 1.54) is 11.0 Å². The molecule has 0 amide bonds. The second-order valence-corrected chi connectivity index (χ2v) is 4.90. The smallest absolute Gasteiger partial charge is 0.333 e. The number of anilines is 1. The zero-order chi connectivity index (χ0) is 14.3. The number of aryl methyl sites for hydroxylation is 3. The van der Waals surface area contributed by atoms with Gasteiger partial charge in [-0.15, -0.1) is 0 Å². The first-order valence-electron chi connectivity index (χ1n) is 6.37. The third-order valence-electron chi connectivity index (χ3n) is 3.52. The number of aromatic nitrogens is 5. The van der Waals surface area contributed by atoms with E-state index in [-0.39, 0.29) is 11.7 Å². The summed E-state index contributed by atoms with van der Waals surface area (Å²) in [6.45, 7) is 2.29. The van der Waals surface area contributed by atoms with Crippen LogP contribution in [0.4, 0.5) is 11.5 Å². The molecule has 3 rings (SSSR count). The lowest BCUT2D eigenvalue weighted by Gasteiger charge is -2.24. The Kier molecular flexibility index (Phi) is 2.88. The van der Waals surface area contributed by atoms with Crippen LogP contribution in [0, 0.1) is 17.0 Å². The van der Waals surface area contributed by atoms with E-state index in [9.17, 15) is 10.1 Å². The molecular weight excluding hydrogens is 262 g/mol. The van der Waals surface area contributed by atoms with Gasteiger partial charge in [-0.1, -0.05) is 0 Å². The zero-order valence-corrected chi connectivity index (χ0v) is 11.3. The van der Waals surface area contributed by atoms with Gasteiger partial charge in [-0.25, -0.2) is 14.3 Å². The van der Waals surface area contributed by atoms with Crippen LogP contribution in [-0.2, 0) is 20.0 Å². The van der Waals surface area contributed by atoms with E-state index in [0.717, 1.165) is 18.7 Å². The first kappa shape index (κ1) is 12.6. The second-order valence-electron chi connectivity index (χ2n) is 4.90. The number of nitrogens with zero attached hydrogens (tertiary/aromatic N) is 6. The molecule has 1 N–H and O–H groups in total. The van der Waals surface area contributed by atoms with Gasteiger partial charge in [0.15, 0.2) is 0 Å². The van der Waals surface area contributed by atoms with Gasteiger partial charge in [-0.3, -0.25) is 10.1 Å². The summed E-state index contributed by atoms with van der Waals surface area (Å²) in [5.74, 6) is 1.40. The van der Waals surface area contributed by atoms with Crippen molar-refractivity contribution in [2.45, 2.75) is 32.4 Å². The molecule has 2 aromatic heterocycles. The van der Waals surface area contributed by atoms with Gasteiger partial charge in [0.25, 0.3) is 0 Å². The molecule has 0 fully saturated rings. The predicted molar refractivity (Wildman–Crippen MR) is 70.4 cm³/mol. The maximum Gasteiger partial charge on any atom is 0.333 e. The molecule has 106 valence electrons. The molecule has 1 aliphatic rings. The standard InChI is InChI=1S/C11H15N7O2/c1-7-10(18(19)20)11(16(2)15-7)14-8-3-4-9-12-6-13-17(9)5-8/h6,8,14H,3-5H2,1-2H3. The lowest BCUT2D eigenvalue weighted by Crippen LogP contribution is -2.32. The summed E-state index contributed by atoms with van der Waals surface area (Å²) in [5.41, 5.74) is 0.453. The highest BCUT2D eigenvalue weighted by Gasteiger charge is 2.27. The highest BCUT2D eigenvalue weighted by atomic mass is 16.6. The minimum absolute atomic E-state index is 0.0388. The maximum atomic E-state index is 11.1. The Morgan fingerprint density at radius 1 is 1.55 bits per heavy atom. The second kappa shape index (κ2) is 4.58. The molecule has 3 heterocycles. The largest absolute Gasteiger partial charge is 0.360 e. The van der Waals surface area contributed by atoms with Crippen molar-refractivity contribution in [2.24, 2.45) is 7.05 Å². The summed E-state index contributed by atoms with van der Waals surface area (Å²) >= 11 is 0. The van der Waals surface area contributed by atoms with Gasteiger partial charge in [-0.2, -0.15) is 10.2 Å². The first-order chi connectivity index (χ1) is 9.56. The molecule has 0 saturated heterocycles. The molecule has 1 aliphatic heterocycles. The van der Waals surface area contributed by atoms with Crippen LogP contribution in [0.5, 0.6) is 0 Å². The summed E-state index contributed by atoms with van der Waals surface area (Å²) in [4.78, 5) is 14.9. The fourth-order valence-electron chi connectivity index (χ4n) is 2.58. The third kappa shape index (κ3) is 2.00. The van der Waals surface area contributed by atoms with E-state index in [1.54, 1.807) is 14.0 Å². The van der Waals surface area contributed by atoms with Crippen LogP contribution in [-0.4, -0.2) is 35.5 Å². The van der Waals surface area contributed by atoms with Crippen LogP contribution < -0.4 is 5.32 Å². The predicted octanol–water partition coefficient (Wildman–Crippen LogP) is 0.655. The summed E-state index contributed by atoms with van der Waals surface area (Å²) in [6.07, 6.45) is 3.21. The highest BCUT2D eigenvalue weighted by molar-refractivity contribution is 5.59. The molecule has 20 heavy (non-hydrogen) atoms. The van der Waals surface area contributed by atoms with E-state index < -0.39 is 4.92 Å². The number of nitro groups is 1. The molecule has 0 aromatic carbocycles. The summed E-state index contributed by atoms with van der Waals surface area (Å²) in [5, 5.41) is 22.6. The number of nitrogens with one attached hydrogen (secondary N) is 1. The summed E-state index contributed by atoms with van der Waals surface area (Å²) < 4.78 is 3.35. The van der Waals surface area contributed by atoms with Crippen molar-refractivity contribution >= 4 is 11.5 Å². The number of hydrogen-bond acceptors (Lipinski definition) is 6. The highest BCUT2D eigenvalue weighted by Crippen LogP contribution is 2.29. The van der Waals surface area contributed by atoms with Crippen LogP contribution in [0.2, 0.25) is 0 Å². The van der Waals surface area contributed by atoms with Gasteiger partial charge in [0.2, 0.25) is 5.82 Å². The number of hydrogen-bond donors (Lipinski definition) is 1. The molecule has 0 saturated carbocycles. The summed E-state index contributed by atoms with van der Waals surface area (Å²) in [7, 11) is 1.70. The van der Waals surface area contributed by atoms with E-state index in [0.29, 0.717) is 18.1 Å². The van der Waals surface area contributed by atoms with Crippen molar-refractivity contribution in [1.82, 2.24) is 24.5 Å². The average Bonchev–Trinajstić information content (AvgIpc) is 2.94. The van der Waals surface area contributed by atoms with Crippen molar-refractivity contribution < 1.29 is 4.92 Å². The molecular formula is C11H15N7O2. The van der Waals surface area contributed by atoms with Gasteiger partial charge < -0.3 is 5.32 Å². The van der Waals surface area contributed by atoms with Crippen LogP contribution in [0.3, 0.4) is 0 Å². The van der Waals surface area contributed by atoms with Gasteiger partial charge in [0.05, 0.1) is 11.5 Å². The van der Waals surface area contributed by atoms with Gasteiger partial charge in [0, 0.05) is 19.5 Å². The Bertz CT molecular complexity index is 660. The third-order valence-corrected chi connectivity index (χ3v) is 3.52. The fraction of sp³-hybridized carbons (Fsp3) is 0.545. The molecule has 0 spiro atoms. The Hall–Kier alpha value is -2.45. The minimum atomic E-state index is -0.394. The van der Waals surface area contributed by atoms with Crippen LogP contribution in [0.1, 0.15) is 17.9 Å². The summed E-state index contributed by atoms with van der Waals surface area (Å²) in [6, 6.07) is 0.0812. The molecule has 2 aromatic rings. The monoisotopic (exact) mass is 277 g/mol. The quantitative estimate of drug-likeness (QED) is 0.652. The van der Waals surface area contributed by atoms with E-state index >= 15 is 0 Å². The first-order valence-corrected chi connectivity index (χ1v) is 6.37. The van der Waals surface area contributed by atoms with Crippen molar-refractivity contribution in [3.63, 3.8) is 0 Å². The van der Waals surface area contributed by atoms with E-state index in [2.05, 4.69) is 20.5 Å². The normalized spacial score (nSPS) is 17.8. The topological polar surface area (TPSA) is 104 Å². The molecule has 0 radical (unpaired) electrons. The fourth-order valence-corrected chi connectivity index (χ4v) is 2.58. The van der Waals surface area contributed by atoms with Crippen LogP contribution in [0.15, 0.2) is 6.33 Å². The van der Waals surface area contributed by atoms with Gasteiger partial charge >= 0.3 is 5.69 Å². The van der Waals surface area contributed by atoms with Crippen molar-refractivity contribution in [2.75, 3.05) is 5.32 Å². The molecule has 0 bridgehead atoms. The molecule has 0 aliphatic carbocycles. The van der Waals surface area contributed by atoms with Crippen LogP contribution >= 0.6 is 0 Å². The number of rotatable bonds is 3. The average molecular weight is 277 g/mol. The van der Waals surface area contributed by atoms with Crippen LogP contribution in [0.25, 0.3) is 0 Å². The minimum Gasteiger partial charge on any atom is -0.360 e. The maximum absolute atomic E-state index is 11.1. The Morgan fingerprint density at radius 2 is 2.35 bits per heavy atom. The van der Waals surface area contributed by atoms with Gasteiger partial charge in [-0.05, 0) is 13.3 Å². The molecule has 1 unspecified atom stereocenters. The van der Waals surface area contributed by atoms with Gasteiger partial charge in [0.1, 0.15) is 17.8 Å². The Balaban J connectivity index is 1.84. The molecule has 9 heteroatoms. The Morgan fingerprint density at radius 3 is 3.10 bits per heavy atom. The SMILES string of the molecule is Cc1nn(C)c(NC2CCc3ncnn3C2)c1[N+](=O)[O-].